The van der Waals surface area contributed by atoms with Gasteiger partial charge in [-0.25, -0.2) is 9.59 Å². The molecule has 0 bridgehead atoms. The van der Waals surface area contributed by atoms with Crippen LogP contribution in [0.5, 0.6) is 0 Å². The molecule has 156 valence electrons. The number of carboxylic acids is 3. The fraction of sp³-hybridized carbons (Fsp3) is 0.824. The van der Waals surface area contributed by atoms with Crippen LogP contribution in [-0.2, 0) is 14.4 Å². The Morgan fingerprint density at radius 3 is 1.27 bits per heavy atom. The number of aliphatic hydroxyl groups excluding tert-OH is 3. The third-order valence-electron chi connectivity index (χ3n) is 3.10. The first kappa shape index (κ1) is 29.1. The van der Waals surface area contributed by atoms with Crippen LogP contribution in [-0.4, -0.2) is 67.9 Å². The standard InChI is InChI=1S/C12H24O2.C3H8O3.C2H2O4/c1-2-3-4-5-6-7-8-9-10-11-12(13)14;4-1-3(6)2-5;3-1(4)2(5)6/h2-11H2,1H3,(H,13,14);3-6H,1-2H2;(H,3,4)(H,5,6). The molecule has 0 saturated carbocycles. The molecule has 0 fully saturated rings. The molecule has 0 amide bonds. The van der Waals surface area contributed by atoms with E-state index < -0.39 is 24.0 Å². The minimum atomic E-state index is -1.82. The van der Waals surface area contributed by atoms with Crippen LogP contribution in [0.1, 0.15) is 71.1 Å². The molecule has 0 rings (SSSR count). The van der Waals surface area contributed by atoms with Crippen LogP contribution in [0.15, 0.2) is 0 Å². The smallest absolute Gasteiger partial charge is 0.414 e. The zero-order chi connectivity index (χ0) is 20.8. The molecule has 0 heterocycles. The number of hydrogen-bond acceptors (Lipinski definition) is 6. The molecule has 0 radical (unpaired) electrons. The Labute approximate surface area is 154 Å². The van der Waals surface area contributed by atoms with E-state index in [9.17, 15) is 4.79 Å². The largest absolute Gasteiger partial charge is 0.481 e. The topological polar surface area (TPSA) is 173 Å². The summed E-state index contributed by atoms with van der Waals surface area (Å²) in [5.41, 5.74) is 0. The van der Waals surface area contributed by atoms with E-state index in [0.29, 0.717) is 6.42 Å². The molecule has 0 aliphatic rings. The van der Waals surface area contributed by atoms with E-state index in [0.717, 1.165) is 12.8 Å². The van der Waals surface area contributed by atoms with E-state index in [1.807, 2.05) is 0 Å². The van der Waals surface area contributed by atoms with Gasteiger partial charge in [-0.15, -0.1) is 0 Å². The molecular formula is C17H34O9. The van der Waals surface area contributed by atoms with E-state index >= 15 is 0 Å². The Balaban J connectivity index is -0.000000364. The summed E-state index contributed by atoms with van der Waals surface area (Å²) in [6.07, 6.45) is 10.5. The second-order valence-corrected chi connectivity index (χ2v) is 5.60. The van der Waals surface area contributed by atoms with E-state index in [2.05, 4.69) is 6.92 Å². The Morgan fingerprint density at radius 1 is 0.692 bits per heavy atom. The highest BCUT2D eigenvalue weighted by Crippen LogP contribution is 2.10. The quantitative estimate of drug-likeness (QED) is 0.216. The van der Waals surface area contributed by atoms with Crippen LogP contribution < -0.4 is 0 Å². The lowest BCUT2D eigenvalue weighted by Gasteiger charge is -2.00. The monoisotopic (exact) mass is 382 g/mol. The highest BCUT2D eigenvalue weighted by atomic mass is 16.4. The predicted octanol–water partition coefficient (Wildman–Crippen LogP) is 1.48. The predicted molar refractivity (Wildman–Crippen MR) is 94.9 cm³/mol. The van der Waals surface area contributed by atoms with Crippen molar-refractivity contribution in [3.8, 4) is 0 Å². The summed E-state index contributed by atoms with van der Waals surface area (Å²) in [4.78, 5) is 28.4. The first-order chi connectivity index (χ1) is 12.2. The molecule has 9 nitrogen and oxygen atoms in total. The Hall–Kier alpha value is -1.71. The van der Waals surface area contributed by atoms with Crippen LogP contribution in [0.25, 0.3) is 0 Å². The summed E-state index contributed by atoms with van der Waals surface area (Å²) in [7, 11) is 0. The van der Waals surface area contributed by atoms with Gasteiger partial charge in [0.15, 0.2) is 0 Å². The first-order valence-electron chi connectivity index (χ1n) is 8.80. The van der Waals surface area contributed by atoms with E-state index in [-0.39, 0.29) is 13.2 Å². The molecule has 0 aromatic rings. The van der Waals surface area contributed by atoms with Crippen molar-refractivity contribution in [1.29, 1.82) is 0 Å². The number of carboxylic acid groups (broad SMARTS) is 3. The number of unbranched alkanes of at least 4 members (excludes halogenated alkanes) is 8. The Morgan fingerprint density at radius 2 is 1.04 bits per heavy atom. The van der Waals surface area contributed by atoms with E-state index in [1.165, 1.54) is 44.9 Å². The van der Waals surface area contributed by atoms with Gasteiger partial charge in [-0.2, -0.15) is 0 Å². The van der Waals surface area contributed by atoms with Crippen molar-refractivity contribution in [2.45, 2.75) is 77.2 Å². The van der Waals surface area contributed by atoms with Gasteiger partial charge in [0.05, 0.1) is 13.2 Å². The molecule has 0 saturated heterocycles. The zero-order valence-corrected chi connectivity index (χ0v) is 15.5. The highest BCUT2D eigenvalue weighted by Gasteiger charge is 2.04. The minimum absolute atomic E-state index is 0.343. The Kier molecular flexibility index (Phi) is 26.0. The second kappa shape index (κ2) is 23.3. The molecule has 0 aliphatic carbocycles. The van der Waals surface area contributed by atoms with Gasteiger partial charge in [-0.05, 0) is 6.42 Å². The van der Waals surface area contributed by atoms with Gasteiger partial charge in [0.1, 0.15) is 6.10 Å². The average molecular weight is 382 g/mol. The van der Waals surface area contributed by atoms with Crippen LogP contribution in [0, 0.1) is 0 Å². The molecule has 0 spiro atoms. The number of aliphatic carboxylic acids is 3. The van der Waals surface area contributed by atoms with E-state index in [1.54, 1.807) is 0 Å². The first-order valence-corrected chi connectivity index (χ1v) is 8.80. The lowest BCUT2D eigenvalue weighted by atomic mass is 10.1. The molecule has 0 aromatic heterocycles. The lowest BCUT2D eigenvalue weighted by Crippen LogP contribution is -2.15. The minimum Gasteiger partial charge on any atom is -0.481 e. The molecule has 6 N–H and O–H groups in total. The summed E-state index contributed by atoms with van der Waals surface area (Å²) in [6, 6.07) is 0. The summed E-state index contributed by atoms with van der Waals surface area (Å²) in [6.45, 7) is 1.50. The molecule has 26 heavy (non-hydrogen) atoms. The second-order valence-electron chi connectivity index (χ2n) is 5.60. The molecule has 0 aliphatic heterocycles. The number of rotatable bonds is 12. The SMILES string of the molecule is CCCCCCCCCCCC(=O)O.O=C(O)C(=O)O.OCC(O)CO. The van der Waals surface area contributed by atoms with Gasteiger partial charge < -0.3 is 30.6 Å². The van der Waals surface area contributed by atoms with Gasteiger partial charge in [0, 0.05) is 6.42 Å². The van der Waals surface area contributed by atoms with Gasteiger partial charge in [-0.3, -0.25) is 4.79 Å². The lowest BCUT2D eigenvalue weighted by molar-refractivity contribution is -0.159. The van der Waals surface area contributed by atoms with Crippen molar-refractivity contribution in [3.63, 3.8) is 0 Å². The van der Waals surface area contributed by atoms with Crippen LogP contribution in [0.2, 0.25) is 0 Å². The maximum Gasteiger partial charge on any atom is 0.414 e. The third-order valence-corrected chi connectivity index (χ3v) is 3.10. The number of hydrogen-bond donors (Lipinski definition) is 6. The Bertz CT molecular complexity index is 329. The van der Waals surface area contributed by atoms with Crippen molar-refractivity contribution >= 4 is 17.9 Å². The number of carbonyl (C=O) groups is 3. The van der Waals surface area contributed by atoms with Crippen LogP contribution in [0.4, 0.5) is 0 Å². The highest BCUT2D eigenvalue weighted by molar-refractivity contribution is 6.27. The third kappa shape index (κ3) is 33.8. The zero-order valence-electron chi connectivity index (χ0n) is 15.5. The maximum absolute atomic E-state index is 10.2. The van der Waals surface area contributed by atoms with Crippen molar-refractivity contribution < 1.29 is 45.0 Å². The van der Waals surface area contributed by atoms with Gasteiger partial charge in [0.2, 0.25) is 0 Å². The van der Waals surface area contributed by atoms with Crippen molar-refractivity contribution in [2.24, 2.45) is 0 Å². The molecule has 0 aromatic carbocycles. The van der Waals surface area contributed by atoms with Crippen molar-refractivity contribution in [2.75, 3.05) is 13.2 Å². The summed E-state index contributed by atoms with van der Waals surface area (Å²) in [5.74, 6) is -4.31. The van der Waals surface area contributed by atoms with E-state index in [4.69, 9.17) is 40.2 Å². The normalized spacial score (nSPS) is 9.58. The molecule has 0 unspecified atom stereocenters. The van der Waals surface area contributed by atoms with Crippen LogP contribution >= 0.6 is 0 Å². The summed E-state index contributed by atoms with van der Waals surface area (Å²) >= 11 is 0. The molecule has 9 heteroatoms. The molecular weight excluding hydrogens is 348 g/mol. The van der Waals surface area contributed by atoms with Crippen molar-refractivity contribution in [1.82, 2.24) is 0 Å². The summed E-state index contributed by atoms with van der Waals surface area (Å²) in [5, 5.41) is 47.2. The fourth-order valence-corrected chi connectivity index (χ4v) is 1.64. The van der Waals surface area contributed by atoms with Gasteiger partial charge in [0.25, 0.3) is 0 Å². The van der Waals surface area contributed by atoms with Gasteiger partial charge >= 0.3 is 17.9 Å². The van der Waals surface area contributed by atoms with Crippen LogP contribution in [0.3, 0.4) is 0 Å². The fourth-order valence-electron chi connectivity index (χ4n) is 1.64. The molecule has 0 atom stereocenters. The average Bonchev–Trinajstić information content (AvgIpc) is 2.60. The maximum atomic E-state index is 10.2. The van der Waals surface area contributed by atoms with Gasteiger partial charge in [-0.1, -0.05) is 58.3 Å². The van der Waals surface area contributed by atoms with Crippen molar-refractivity contribution in [3.05, 3.63) is 0 Å². The number of aliphatic hydroxyl groups is 3. The summed E-state index contributed by atoms with van der Waals surface area (Å²) < 4.78 is 0.